The van der Waals surface area contributed by atoms with Crippen molar-refractivity contribution in [3.63, 3.8) is 0 Å². The second kappa shape index (κ2) is 4.63. The van der Waals surface area contributed by atoms with Crippen LogP contribution < -0.4 is 15.2 Å². The second-order valence-corrected chi connectivity index (χ2v) is 5.56. The average Bonchev–Trinajstić information content (AvgIpc) is 2.58. The molecule has 1 aliphatic heterocycles. The van der Waals surface area contributed by atoms with Crippen LogP contribution in [-0.2, 0) is 0 Å². The molecule has 1 aliphatic carbocycles. The number of halogens is 1. The highest BCUT2D eigenvalue weighted by Gasteiger charge is 2.31. The standard InChI is InChI=1S/C14H18ClNO2/c1-8-3-4-10(16)13-12(8)9(15)7-11-14(13)18-6-2-5-17-11/h7-8,10H,2-6,16H2,1H3/t8?,10-/m1/s1. The molecule has 1 aromatic carbocycles. The Morgan fingerprint density at radius 3 is 2.83 bits per heavy atom. The maximum absolute atomic E-state index is 6.40. The highest BCUT2D eigenvalue weighted by atomic mass is 35.5. The molecule has 0 spiro atoms. The Morgan fingerprint density at radius 2 is 2.00 bits per heavy atom. The summed E-state index contributed by atoms with van der Waals surface area (Å²) in [6, 6.07) is 1.89. The normalized spacial score (nSPS) is 26.4. The molecule has 0 amide bonds. The Labute approximate surface area is 112 Å². The van der Waals surface area contributed by atoms with E-state index < -0.39 is 0 Å². The average molecular weight is 268 g/mol. The molecule has 0 saturated heterocycles. The molecule has 3 nitrogen and oxygen atoms in total. The second-order valence-electron chi connectivity index (χ2n) is 5.15. The van der Waals surface area contributed by atoms with Crippen molar-refractivity contribution in [1.82, 2.24) is 0 Å². The van der Waals surface area contributed by atoms with Gasteiger partial charge in [-0.15, -0.1) is 0 Å². The van der Waals surface area contributed by atoms with Gasteiger partial charge in [-0.05, 0) is 24.3 Å². The molecule has 2 aliphatic rings. The molecule has 0 aromatic heterocycles. The molecule has 1 unspecified atom stereocenters. The monoisotopic (exact) mass is 267 g/mol. The van der Waals surface area contributed by atoms with Crippen LogP contribution in [0, 0.1) is 0 Å². The molecule has 1 aromatic rings. The van der Waals surface area contributed by atoms with E-state index in [0.29, 0.717) is 19.1 Å². The predicted molar refractivity (Wildman–Crippen MR) is 71.6 cm³/mol. The molecular weight excluding hydrogens is 250 g/mol. The fourth-order valence-electron chi connectivity index (χ4n) is 2.90. The smallest absolute Gasteiger partial charge is 0.166 e. The lowest BCUT2D eigenvalue weighted by Gasteiger charge is -2.30. The van der Waals surface area contributed by atoms with Crippen LogP contribution in [0.4, 0.5) is 0 Å². The Bertz CT molecular complexity index is 475. The Hall–Kier alpha value is -0.930. The number of benzene rings is 1. The molecule has 4 heteroatoms. The summed E-state index contributed by atoms with van der Waals surface area (Å²) in [7, 11) is 0. The summed E-state index contributed by atoms with van der Waals surface area (Å²) in [5.41, 5.74) is 8.48. The van der Waals surface area contributed by atoms with Crippen LogP contribution in [0.25, 0.3) is 0 Å². The number of ether oxygens (including phenoxy) is 2. The molecule has 2 atom stereocenters. The first-order valence-electron chi connectivity index (χ1n) is 6.56. The zero-order valence-corrected chi connectivity index (χ0v) is 11.3. The van der Waals surface area contributed by atoms with Crippen LogP contribution in [0.5, 0.6) is 11.5 Å². The third-order valence-corrected chi connectivity index (χ3v) is 4.15. The van der Waals surface area contributed by atoms with E-state index >= 15 is 0 Å². The van der Waals surface area contributed by atoms with E-state index in [2.05, 4.69) is 6.92 Å². The zero-order chi connectivity index (χ0) is 12.7. The van der Waals surface area contributed by atoms with Crippen molar-refractivity contribution < 1.29 is 9.47 Å². The topological polar surface area (TPSA) is 44.5 Å². The predicted octanol–water partition coefficient (Wildman–Crippen LogP) is 3.40. The molecule has 0 saturated carbocycles. The van der Waals surface area contributed by atoms with Gasteiger partial charge < -0.3 is 15.2 Å². The Morgan fingerprint density at radius 1 is 1.22 bits per heavy atom. The SMILES string of the molecule is CC1CC[C@@H](N)c2c3c(cc(Cl)c21)OCCCO3. The van der Waals surface area contributed by atoms with E-state index in [9.17, 15) is 0 Å². The fraction of sp³-hybridized carbons (Fsp3) is 0.571. The summed E-state index contributed by atoms with van der Waals surface area (Å²) in [6.07, 6.45) is 2.95. The Kier molecular flexibility index (Phi) is 3.12. The van der Waals surface area contributed by atoms with Crippen molar-refractivity contribution in [1.29, 1.82) is 0 Å². The van der Waals surface area contributed by atoms with Crippen LogP contribution >= 0.6 is 11.6 Å². The van der Waals surface area contributed by atoms with Gasteiger partial charge in [0.1, 0.15) is 0 Å². The van der Waals surface area contributed by atoms with Gasteiger partial charge in [-0.3, -0.25) is 0 Å². The first-order valence-corrected chi connectivity index (χ1v) is 6.93. The van der Waals surface area contributed by atoms with Crippen molar-refractivity contribution in [3.8, 4) is 11.5 Å². The van der Waals surface area contributed by atoms with Crippen molar-refractivity contribution in [2.45, 2.75) is 38.1 Å². The van der Waals surface area contributed by atoms with Gasteiger partial charge in [0.15, 0.2) is 11.5 Å². The number of hydrogen-bond acceptors (Lipinski definition) is 3. The number of rotatable bonds is 0. The first-order chi connectivity index (χ1) is 8.68. The van der Waals surface area contributed by atoms with Crippen LogP contribution in [0.1, 0.15) is 49.3 Å². The van der Waals surface area contributed by atoms with Crippen molar-refractivity contribution in [3.05, 3.63) is 22.2 Å². The lowest BCUT2D eigenvalue weighted by Crippen LogP contribution is -2.21. The van der Waals surface area contributed by atoms with Crippen LogP contribution in [-0.4, -0.2) is 13.2 Å². The molecule has 0 bridgehead atoms. The van der Waals surface area contributed by atoms with Gasteiger partial charge in [-0.25, -0.2) is 0 Å². The van der Waals surface area contributed by atoms with E-state index in [4.69, 9.17) is 26.8 Å². The summed E-state index contributed by atoms with van der Waals surface area (Å²) in [6.45, 7) is 3.55. The largest absolute Gasteiger partial charge is 0.489 e. The number of hydrogen-bond donors (Lipinski definition) is 1. The molecule has 98 valence electrons. The van der Waals surface area contributed by atoms with Gasteiger partial charge in [-0.2, -0.15) is 0 Å². The maximum Gasteiger partial charge on any atom is 0.166 e. The van der Waals surface area contributed by atoms with E-state index in [1.54, 1.807) is 0 Å². The number of fused-ring (bicyclic) bond motifs is 3. The molecule has 2 N–H and O–H groups in total. The van der Waals surface area contributed by atoms with Crippen molar-refractivity contribution in [2.75, 3.05) is 13.2 Å². The summed E-state index contributed by atoms with van der Waals surface area (Å²) < 4.78 is 11.6. The van der Waals surface area contributed by atoms with Gasteiger partial charge in [0.25, 0.3) is 0 Å². The van der Waals surface area contributed by atoms with E-state index in [1.807, 2.05) is 6.07 Å². The van der Waals surface area contributed by atoms with Crippen molar-refractivity contribution in [2.24, 2.45) is 5.73 Å². The van der Waals surface area contributed by atoms with Gasteiger partial charge in [0.05, 0.1) is 13.2 Å². The molecule has 0 fully saturated rings. The first kappa shape index (κ1) is 12.1. The van der Waals surface area contributed by atoms with Crippen LogP contribution in [0.2, 0.25) is 5.02 Å². The fourth-order valence-corrected chi connectivity index (χ4v) is 3.29. The molecular formula is C14H18ClNO2. The van der Waals surface area contributed by atoms with Gasteiger partial charge >= 0.3 is 0 Å². The van der Waals surface area contributed by atoms with Crippen LogP contribution in [0.3, 0.4) is 0 Å². The third kappa shape index (κ3) is 1.86. The minimum Gasteiger partial charge on any atom is -0.489 e. The lowest BCUT2D eigenvalue weighted by atomic mass is 9.80. The molecule has 1 heterocycles. The van der Waals surface area contributed by atoms with Gasteiger partial charge in [-0.1, -0.05) is 18.5 Å². The molecule has 3 rings (SSSR count). The van der Waals surface area contributed by atoms with E-state index in [0.717, 1.165) is 46.9 Å². The molecule has 18 heavy (non-hydrogen) atoms. The van der Waals surface area contributed by atoms with E-state index in [-0.39, 0.29) is 6.04 Å². The summed E-state index contributed by atoms with van der Waals surface area (Å²) >= 11 is 6.40. The summed E-state index contributed by atoms with van der Waals surface area (Å²) in [5.74, 6) is 2.01. The maximum atomic E-state index is 6.40. The minimum absolute atomic E-state index is 0.00495. The quantitative estimate of drug-likeness (QED) is 0.784. The minimum atomic E-state index is 0.00495. The Balaban J connectivity index is 2.21. The van der Waals surface area contributed by atoms with Crippen molar-refractivity contribution >= 4 is 11.6 Å². The van der Waals surface area contributed by atoms with E-state index in [1.165, 1.54) is 0 Å². The highest BCUT2D eigenvalue weighted by Crippen LogP contribution is 2.49. The highest BCUT2D eigenvalue weighted by molar-refractivity contribution is 6.31. The zero-order valence-electron chi connectivity index (χ0n) is 10.5. The lowest BCUT2D eigenvalue weighted by molar-refractivity contribution is 0.294. The summed E-state index contributed by atoms with van der Waals surface area (Å²) in [5, 5.41) is 0.761. The molecule has 0 radical (unpaired) electrons. The van der Waals surface area contributed by atoms with Crippen LogP contribution in [0.15, 0.2) is 6.07 Å². The summed E-state index contributed by atoms with van der Waals surface area (Å²) in [4.78, 5) is 0. The van der Waals surface area contributed by atoms with Gasteiger partial charge in [0.2, 0.25) is 0 Å². The number of nitrogens with two attached hydrogens (primary N) is 1. The van der Waals surface area contributed by atoms with Gasteiger partial charge in [0, 0.05) is 29.1 Å². The third-order valence-electron chi connectivity index (χ3n) is 3.84.